The molecule has 0 fully saturated rings. The second-order valence-electron chi connectivity index (χ2n) is 4.87. The highest BCUT2D eigenvalue weighted by molar-refractivity contribution is 5.81. The van der Waals surface area contributed by atoms with E-state index < -0.39 is 11.4 Å². The molecule has 19 heavy (non-hydrogen) atoms. The highest BCUT2D eigenvalue weighted by atomic mass is 16.5. The lowest BCUT2D eigenvalue weighted by Crippen LogP contribution is -2.23. The molecule has 0 radical (unpaired) electrons. The summed E-state index contributed by atoms with van der Waals surface area (Å²) >= 11 is 0. The van der Waals surface area contributed by atoms with Crippen LogP contribution in [-0.2, 0) is 10.2 Å². The van der Waals surface area contributed by atoms with Crippen molar-refractivity contribution in [1.82, 2.24) is 0 Å². The number of ether oxygens (including phenoxy) is 2. The highest BCUT2D eigenvalue weighted by Gasteiger charge is 2.28. The first kappa shape index (κ1) is 15.0. The van der Waals surface area contributed by atoms with Gasteiger partial charge in [-0.15, -0.1) is 0 Å². The molecule has 0 saturated heterocycles. The van der Waals surface area contributed by atoms with Crippen LogP contribution < -0.4 is 9.47 Å². The van der Waals surface area contributed by atoms with Gasteiger partial charge in [-0.1, -0.05) is 13.8 Å². The molecule has 0 aliphatic rings. The molecule has 0 unspecified atom stereocenters. The molecule has 104 valence electrons. The Kier molecular flexibility index (Phi) is 4.53. The zero-order valence-electron chi connectivity index (χ0n) is 11.5. The zero-order chi connectivity index (χ0) is 14.6. The Balaban J connectivity index is 3.40. The fourth-order valence-electron chi connectivity index (χ4n) is 2.05. The minimum atomic E-state index is -0.920. The molecular formula is C14H18O5. The van der Waals surface area contributed by atoms with E-state index in [4.69, 9.17) is 14.6 Å². The predicted octanol–water partition coefficient (Wildman–Crippen LogP) is 2.27. The van der Waals surface area contributed by atoms with Crippen LogP contribution in [0.3, 0.4) is 0 Å². The first-order valence-corrected chi connectivity index (χ1v) is 5.79. The maximum absolute atomic E-state index is 11.2. The Labute approximate surface area is 112 Å². The van der Waals surface area contributed by atoms with Crippen molar-refractivity contribution in [3.05, 3.63) is 23.3 Å². The van der Waals surface area contributed by atoms with Gasteiger partial charge in [-0.2, -0.15) is 0 Å². The summed E-state index contributed by atoms with van der Waals surface area (Å²) in [4.78, 5) is 22.1. The van der Waals surface area contributed by atoms with Crippen molar-refractivity contribution < 1.29 is 24.2 Å². The number of carboxylic acid groups (broad SMARTS) is 1. The number of carbonyl (C=O) groups excluding carboxylic acids is 1. The number of carboxylic acids is 1. The van der Waals surface area contributed by atoms with Crippen molar-refractivity contribution in [2.24, 2.45) is 0 Å². The van der Waals surface area contributed by atoms with E-state index in [0.29, 0.717) is 28.9 Å². The maximum Gasteiger partial charge on any atom is 0.304 e. The summed E-state index contributed by atoms with van der Waals surface area (Å²) in [7, 11) is 2.97. The number of methoxy groups -OCH3 is 2. The van der Waals surface area contributed by atoms with Crippen LogP contribution in [0.4, 0.5) is 0 Å². The Hall–Kier alpha value is -2.04. The second-order valence-corrected chi connectivity index (χ2v) is 4.87. The van der Waals surface area contributed by atoms with E-state index in [-0.39, 0.29) is 6.42 Å². The molecule has 5 nitrogen and oxygen atoms in total. The van der Waals surface area contributed by atoms with Crippen molar-refractivity contribution >= 4 is 12.3 Å². The van der Waals surface area contributed by atoms with Crippen molar-refractivity contribution in [3.63, 3.8) is 0 Å². The summed E-state index contributed by atoms with van der Waals surface area (Å²) in [6, 6.07) is 3.22. The SMILES string of the molecule is COc1cc(C=O)c(C(C)(C)CC(=O)O)cc1OC. The topological polar surface area (TPSA) is 72.8 Å². The quantitative estimate of drug-likeness (QED) is 0.799. The van der Waals surface area contributed by atoms with Crippen molar-refractivity contribution in [1.29, 1.82) is 0 Å². The zero-order valence-corrected chi connectivity index (χ0v) is 11.5. The number of hydrogen-bond donors (Lipinski definition) is 1. The molecule has 1 aromatic carbocycles. The monoisotopic (exact) mass is 266 g/mol. The number of aliphatic carboxylic acids is 1. The van der Waals surface area contributed by atoms with Gasteiger partial charge >= 0.3 is 5.97 Å². The minimum Gasteiger partial charge on any atom is -0.493 e. The lowest BCUT2D eigenvalue weighted by Gasteiger charge is -2.25. The van der Waals surface area contributed by atoms with Gasteiger partial charge in [0.25, 0.3) is 0 Å². The molecule has 1 rings (SSSR count). The van der Waals surface area contributed by atoms with Crippen LogP contribution in [-0.4, -0.2) is 31.6 Å². The van der Waals surface area contributed by atoms with Crippen molar-refractivity contribution in [3.8, 4) is 11.5 Å². The largest absolute Gasteiger partial charge is 0.493 e. The third-order valence-electron chi connectivity index (χ3n) is 3.00. The predicted molar refractivity (Wildman–Crippen MR) is 70.2 cm³/mol. The average Bonchev–Trinajstić information content (AvgIpc) is 2.35. The summed E-state index contributed by atoms with van der Waals surface area (Å²) in [5, 5.41) is 8.96. The van der Waals surface area contributed by atoms with Crippen LogP contribution in [0.15, 0.2) is 12.1 Å². The number of benzene rings is 1. The van der Waals surface area contributed by atoms with Gasteiger partial charge in [0.05, 0.1) is 20.6 Å². The molecule has 0 spiro atoms. The molecule has 5 heteroatoms. The second kappa shape index (κ2) is 5.73. The van der Waals surface area contributed by atoms with Crippen molar-refractivity contribution in [2.75, 3.05) is 14.2 Å². The van der Waals surface area contributed by atoms with Gasteiger partial charge in [-0.05, 0) is 17.7 Å². The van der Waals surface area contributed by atoms with Gasteiger partial charge < -0.3 is 14.6 Å². The van der Waals surface area contributed by atoms with Gasteiger partial charge in [-0.25, -0.2) is 0 Å². The summed E-state index contributed by atoms with van der Waals surface area (Å²) in [5.74, 6) is -0.00215. The molecule has 1 N–H and O–H groups in total. The first-order valence-electron chi connectivity index (χ1n) is 5.79. The molecule has 0 saturated carbocycles. The fraction of sp³-hybridized carbons (Fsp3) is 0.429. The van der Waals surface area contributed by atoms with E-state index in [1.807, 2.05) is 0 Å². The van der Waals surface area contributed by atoms with Gasteiger partial charge in [-0.3, -0.25) is 9.59 Å². The van der Waals surface area contributed by atoms with Crippen LogP contribution in [0.1, 0.15) is 36.2 Å². The molecule has 0 heterocycles. The van der Waals surface area contributed by atoms with E-state index >= 15 is 0 Å². The van der Waals surface area contributed by atoms with Crippen LogP contribution in [0, 0.1) is 0 Å². The summed E-state index contributed by atoms with van der Waals surface area (Å²) in [5.41, 5.74) is 0.355. The van der Waals surface area contributed by atoms with E-state index in [9.17, 15) is 9.59 Å². The summed E-state index contributed by atoms with van der Waals surface area (Å²) in [6.07, 6.45) is 0.615. The van der Waals surface area contributed by atoms with Gasteiger partial charge in [0.15, 0.2) is 11.5 Å². The molecule has 0 aliphatic heterocycles. The Bertz CT molecular complexity index is 491. The van der Waals surface area contributed by atoms with Gasteiger partial charge in [0, 0.05) is 11.0 Å². The van der Waals surface area contributed by atoms with E-state index in [1.165, 1.54) is 14.2 Å². The molecule has 0 aliphatic carbocycles. The maximum atomic E-state index is 11.2. The minimum absolute atomic E-state index is 0.0800. The number of carbonyl (C=O) groups is 2. The Morgan fingerprint density at radius 3 is 2.21 bits per heavy atom. The van der Waals surface area contributed by atoms with Crippen molar-refractivity contribution in [2.45, 2.75) is 25.7 Å². The standard InChI is InChI=1S/C14H18O5/c1-14(2,7-13(16)17)10-6-12(19-4)11(18-3)5-9(10)8-15/h5-6,8H,7H2,1-4H3,(H,16,17). The molecule has 0 bridgehead atoms. The fourth-order valence-corrected chi connectivity index (χ4v) is 2.05. The van der Waals surface area contributed by atoms with Gasteiger partial charge in [0.2, 0.25) is 0 Å². The summed E-state index contributed by atoms with van der Waals surface area (Å²) in [6.45, 7) is 3.55. The summed E-state index contributed by atoms with van der Waals surface area (Å²) < 4.78 is 10.3. The number of rotatable bonds is 6. The van der Waals surface area contributed by atoms with Crippen LogP contribution in [0.25, 0.3) is 0 Å². The van der Waals surface area contributed by atoms with Crippen LogP contribution in [0.2, 0.25) is 0 Å². The molecule has 0 amide bonds. The molecule has 0 aromatic heterocycles. The number of aldehydes is 1. The van der Waals surface area contributed by atoms with Crippen LogP contribution >= 0.6 is 0 Å². The first-order chi connectivity index (χ1) is 8.85. The number of hydrogen-bond acceptors (Lipinski definition) is 4. The lowest BCUT2D eigenvalue weighted by atomic mass is 9.79. The van der Waals surface area contributed by atoms with E-state index in [2.05, 4.69) is 0 Å². The Morgan fingerprint density at radius 2 is 1.79 bits per heavy atom. The lowest BCUT2D eigenvalue weighted by molar-refractivity contribution is -0.138. The Morgan fingerprint density at radius 1 is 1.26 bits per heavy atom. The van der Waals surface area contributed by atoms with Crippen LogP contribution in [0.5, 0.6) is 11.5 Å². The highest BCUT2D eigenvalue weighted by Crippen LogP contribution is 2.37. The third kappa shape index (κ3) is 3.24. The molecule has 1 aromatic rings. The molecular weight excluding hydrogens is 248 g/mol. The normalized spacial score (nSPS) is 10.9. The average molecular weight is 266 g/mol. The third-order valence-corrected chi connectivity index (χ3v) is 3.00. The van der Waals surface area contributed by atoms with E-state index in [1.54, 1.807) is 26.0 Å². The smallest absolute Gasteiger partial charge is 0.304 e. The molecule has 0 atom stereocenters. The van der Waals surface area contributed by atoms with Gasteiger partial charge in [0.1, 0.15) is 6.29 Å². The van der Waals surface area contributed by atoms with E-state index in [0.717, 1.165) is 0 Å².